The third-order valence-electron chi connectivity index (χ3n) is 2.02. The van der Waals surface area contributed by atoms with Gasteiger partial charge in [0.1, 0.15) is 11.5 Å². The molecule has 5 nitrogen and oxygen atoms in total. The number of nitro groups is 1. The van der Waals surface area contributed by atoms with Gasteiger partial charge in [-0.25, -0.2) is 4.39 Å². The van der Waals surface area contributed by atoms with E-state index >= 15 is 0 Å². The quantitative estimate of drug-likeness (QED) is 0.441. The van der Waals surface area contributed by atoms with Crippen molar-refractivity contribution in [3.05, 3.63) is 34.1 Å². The van der Waals surface area contributed by atoms with Crippen LogP contribution < -0.4 is 10.6 Å². The molecular formula is C10H14FN3O2. The maximum Gasteiger partial charge on any atom is 0.295 e. The van der Waals surface area contributed by atoms with Gasteiger partial charge in [0.05, 0.1) is 11.0 Å². The van der Waals surface area contributed by atoms with Gasteiger partial charge in [-0.05, 0) is 18.7 Å². The van der Waals surface area contributed by atoms with Crippen LogP contribution in [-0.2, 0) is 0 Å². The summed E-state index contributed by atoms with van der Waals surface area (Å²) >= 11 is 0. The van der Waals surface area contributed by atoms with E-state index in [1.165, 1.54) is 12.1 Å². The van der Waals surface area contributed by atoms with Crippen LogP contribution in [0.4, 0.5) is 15.8 Å². The lowest BCUT2D eigenvalue weighted by atomic mass is 10.2. The van der Waals surface area contributed by atoms with E-state index in [4.69, 9.17) is 0 Å². The van der Waals surface area contributed by atoms with Gasteiger partial charge in [0.25, 0.3) is 5.69 Å². The van der Waals surface area contributed by atoms with E-state index in [-0.39, 0.29) is 5.69 Å². The van der Waals surface area contributed by atoms with Crippen LogP contribution in [0.15, 0.2) is 18.2 Å². The predicted molar refractivity (Wildman–Crippen MR) is 60.1 cm³/mol. The summed E-state index contributed by atoms with van der Waals surface area (Å²) in [7, 11) is 0. The fourth-order valence-electron chi connectivity index (χ4n) is 1.27. The fraction of sp³-hybridized carbons (Fsp3) is 0.400. The summed E-state index contributed by atoms with van der Waals surface area (Å²) in [6, 6.07) is 3.48. The molecule has 0 aliphatic carbocycles. The highest BCUT2D eigenvalue weighted by Gasteiger charge is 2.13. The van der Waals surface area contributed by atoms with Crippen molar-refractivity contribution in [1.82, 2.24) is 5.32 Å². The van der Waals surface area contributed by atoms with Crippen LogP contribution in [0.3, 0.4) is 0 Å². The van der Waals surface area contributed by atoms with Crippen LogP contribution in [-0.4, -0.2) is 24.6 Å². The van der Waals surface area contributed by atoms with Gasteiger partial charge in [-0.2, -0.15) is 0 Å². The second kappa shape index (κ2) is 6.02. The van der Waals surface area contributed by atoms with Crippen molar-refractivity contribution in [1.29, 1.82) is 0 Å². The Balaban J connectivity index is 2.67. The molecule has 0 fully saturated rings. The Morgan fingerprint density at radius 3 is 2.81 bits per heavy atom. The molecule has 2 N–H and O–H groups in total. The van der Waals surface area contributed by atoms with E-state index in [9.17, 15) is 14.5 Å². The molecule has 88 valence electrons. The highest BCUT2D eigenvalue weighted by molar-refractivity contribution is 5.61. The highest BCUT2D eigenvalue weighted by atomic mass is 19.1. The summed E-state index contributed by atoms with van der Waals surface area (Å²) in [5.74, 6) is -0.607. The fourth-order valence-corrected chi connectivity index (χ4v) is 1.27. The number of hydrogen-bond acceptors (Lipinski definition) is 4. The Hall–Kier alpha value is -1.69. The molecule has 0 aliphatic rings. The van der Waals surface area contributed by atoms with E-state index in [0.717, 1.165) is 12.6 Å². The highest BCUT2D eigenvalue weighted by Crippen LogP contribution is 2.24. The van der Waals surface area contributed by atoms with Crippen molar-refractivity contribution in [3.8, 4) is 0 Å². The third-order valence-corrected chi connectivity index (χ3v) is 2.02. The van der Waals surface area contributed by atoms with Gasteiger partial charge >= 0.3 is 0 Å². The zero-order valence-electron chi connectivity index (χ0n) is 9.00. The number of anilines is 1. The number of benzene rings is 1. The molecule has 0 amide bonds. The lowest BCUT2D eigenvalue weighted by molar-refractivity contribution is -0.384. The van der Waals surface area contributed by atoms with E-state index in [1.807, 2.05) is 6.92 Å². The molecule has 0 radical (unpaired) electrons. The number of halogens is 1. The van der Waals surface area contributed by atoms with E-state index in [1.54, 1.807) is 0 Å². The molecule has 1 aromatic carbocycles. The standard InChI is InChI=1S/C10H14FN3O2/c1-2-12-5-6-13-9-4-3-8(11)7-10(9)14(15)16/h3-4,7,12-13H,2,5-6H2,1H3. The Kier molecular flexibility index (Phi) is 4.65. The van der Waals surface area contributed by atoms with Crippen molar-refractivity contribution in [2.24, 2.45) is 0 Å². The number of likely N-dealkylation sites (N-methyl/N-ethyl adjacent to an activating group) is 1. The van der Waals surface area contributed by atoms with Crippen LogP contribution in [0, 0.1) is 15.9 Å². The summed E-state index contributed by atoms with van der Waals surface area (Å²) in [5.41, 5.74) is 0.0980. The van der Waals surface area contributed by atoms with Gasteiger partial charge in [-0.15, -0.1) is 0 Å². The van der Waals surface area contributed by atoms with Gasteiger partial charge in [0.2, 0.25) is 0 Å². The molecule has 0 spiro atoms. The normalized spacial score (nSPS) is 10.1. The largest absolute Gasteiger partial charge is 0.378 e. The molecule has 6 heteroatoms. The Bertz CT molecular complexity index is 371. The number of nitro benzene ring substituents is 1. The average Bonchev–Trinajstić information content (AvgIpc) is 2.26. The minimum atomic E-state index is -0.607. The summed E-state index contributed by atoms with van der Waals surface area (Å²) in [6.45, 7) is 4.07. The number of hydrogen-bond donors (Lipinski definition) is 2. The van der Waals surface area contributed by atoms with E-state index in [2.05, 4.69) is 10.6 Å². The third kappa shape index (κ3) is 3.47. The zero-order chi connectivity index (χ0) is 12.0. The van der Waals surface area contributed by atoms with Crippen molar-refractivity contribution in [2.45, 2.75) is 6.92 Å². The van der Waals surface area contributed by atoms with Crippen molar-refractivity contribution in [2.75, 3.05) is 25.0 Å². The Morgan fingerprint density at radius 1 is 1.44 bits per heavy atom. The first-order valence-corrected chi connectivity index (χ1v) is 5.03. The van der Waals surface area contributed by atoms with Crippen molar-refractivity contribution in [3.63, 3.8) is 0 Å². The van der Waals surface area contributed by atoms with Crippen LogP contribution >= 0.6 is 0 Å². The molecule has 0 heterocycles. The lowest BCUT2D eigenvalue weighted by Crippen LogP contribution is -2.21. The molecule has 16 heavy (non-hydrogen) atoms. The molecule has 1 aromatic rings. The number of nitrogens with one attached hydrogen (secondary N) is 2. The molecule has 1 rings (SSSR count). The predicted octanol–water partition coefficient (Wildman–Crippen LogP) is 1.76. The molecule has 0 saturated heterocycles. The lowest BCUT2D eigenvalue weighted by Gasteiger charge is -2.07. The minimum absolute atomic E-state index is 0.239. The maximum absolute atomic E-state index is 12.8. The summed E-state index contributed by atoms with van der Waals surface area (Å²) in [4.78, 5) is 10.0. The average molecular weight is 227 g/mol. The molecule has 0 atom stereocenters. The van der Waals surface area contributed by atoms with Crippen LogP contribution in [0.1, 0.15) is 6.92 Å². The first-order chi connectivity index (χ1) is 7.65. The Labute approximate surface area is 92.8 Å². The van der Waals surface area contributed by atoms with Crippen LogP contribution in [0.25, 0.3) is 0 Å². The molecule has 0 saturated carbocycles. The number of nitrogens with zero attached hydrogens (tertiary/aromatic N) is 1. The summed E-state index contributed by atoms with van der Waals surface area (Å²) in [5, 5.41) is 16.6. The first kappa shape index (κ1) is 12.4. The van der Waals surface area contributed by atoms with Gasteiger partial charge in [0, 0.05) is 13.1 Å². The van der Waals surface area contributed by atoms with Gasteiger partial charge in [-0.3, -0.25) is 10.1 Å². The second-order valence-electron chi connectivity index (χ2n) is 3.20. The van der Waals surface area contributed by atoms with Crippen molar-refractivity contribution < 1.29 is 9.31 Å². The molecule has 0 aromatic heterocycles. The maximum atomic E-state index is 12.8. The summed E-state index contributed by atoms with van der Waals surface area (Å²) in [6.07, 6.45) is 0. The second-order valence-corrected chi connectivity index (χ2v) is 3.20. The summed E-state index contributed by atoms with van der Waals surface area (Å²) < 4.78 is 12.8. The molecule has 0 aliphatic heterocycles. The molecule has 0 bridgehead atoms. The van der Waals surface area contributed by atoms with Crippen LogP contribution in [0.2, 0.25) is 0 Å². The smallest absolute Gasteiger partial charge is 0.295 e. The van der Waals surface area contributed by atoms with Gasteiger partial charge in [0.15, 0.2) is 0 Å². The monoisotopic (exact) mass is 227 g/mol. The topological polar surface area (TPSA) is 67.2 Å². The molecular weight excluding hydrogens is 213 g/mol. The minimum Gasteiger partial charge on any atom is -0.378 e. The first-order valence-electron chi connectivity index (χ1n) is 5.03. The number of rotatable bonds is 6. The van der Waals surface area contributed by atoms with Gasteiger partial charge in [-0.1, -0.05) is 6.92 Å². The van der Waals surface area contributed by atoms with Gasteiger partial charge < -0.3 is 10.6 Å². The molecule has 0 unspecified atom stereocenters. The van der Waals surface area contributed by atoms with Crippen LogP contribution in [0.5, 0.6) is 0 Å². The van der Waals surface area contributed by atoms with Crippen molar-refractivity contribution >= 4 is 11.4 Å². The Morgan fingerprint density at radius 2 is 2.19 bits per heavy atom. The SMILES string of the molecule is CCNCCNc1ccc(F)cc1[N+](=O)[O-]. The zero-order valence-corrected chi connectivity index (χ0v) is 9.00. The van der Waals surface area contributed by atoms with E-state index in [0.29, 0.717) is 18.8 Å². The van der Waals surface area contributed by atoms with E-state index < -0.39 is 10.7 Å².